The van der Waals surface area contributed by atoms with Gasteiger partial charge in [0.15, 0.2) is 11.6 Å². The molecule has 6 heteroatoms. The van der Waals surface area contributed by atoms with Crippen LogP contribution in [-0.4, -0.2) is 5.11 Å². The first-order valence-electron chi connectivity index (χ1n) is 7.46. The monoisotopic (exact) mass is 393 g/mol. The van der Waals surface area contributed by atoms with Gasteiger partial charge in [-0.25, -0.2) is 4.39 Å². The van der Waals surface area contributed by atoms with E-state index in [4.69, 9.17) is 23.2 Å². The SMILES string of the molecule is Oc1ccc(NCc2ccccc2Sc2ccc(Cl)c(Cl)c2)cc1F. The van der Waals surface area contributed by atoms with Gasteiger partial charge in [0.25, 0.3) is 0 Å². The Morgan fingerprint density at radius 3 is 2.52 bits per heavy atom. The summed E-state index contributed by atoms with van der Waals surface area (Å²) in [6.07, 6.45) is 0. The van der Waals surface area contributed by atoms with Gasteiger partial charge in [-0.15, -0.1) is 0 Å². The van der Waals surface area contributed by atoms with Crippen molar-refractivity contribution in [2.45, 2.75) is 16.3 Å². The smallest absolute Gasteiger partial charge is 0.166 e. The van der Waals surface area contributed by atoms with Crippen LogP contribution in [0.25, 0.3) is 0 Å². The van der Waals surface area contributed by atoms with E-state index in [1.165, 1.54) is 12.1 Å². The highest BCUT2D eigenvalue weighted by Gasteiger charge is 2.07. The highest BCUT2D eigenvalue weighted by molar-refractivity contribution is 7.99. The van der Waals surface area contributed by atoms with Crippen molar-refractivity contribution in [3.05, 3.63) is 82.1 Å². The standard InChI is InChI=1S/C19H14Cl2FNOS/c20-15-7-6-14(10-16(15)21)25-19-4-2-1-3-12(19)11-23-13-5-8-18(24)17(22)9-13/h1-10,23-24H,11H2. The van der Waals surface area contributed by atoms with Crippen LogP contribution in [0.4, 0.5) is 10.1 Å². The molecule has 0 heterocycles. The summed E-state index contributed by atoms with van der Waals surface area (Å²) in [6.45, 7) is 0.523. The Morgan fingerprint density at radius 1 is 0.960 bits per heavy atom. The summed E-state index contributed by atoms with van der Waals surface area (Å²) >= 11 is 13.6. The molecule has 0 unspecified atom stereocenters. The van der Waals surface area contributed by atoms with E-state index in [0.717, 1.165) is 15.4 Å². The van der Waals surface area contributed by atoms with E-state index >= 15 is 0 Å². The first-order valence-corrected chi connectivity index (χ1v) is 9.03. The molecule has 2 nitrogen and oxygen atoms in total. The summed E-state index contributed by atoms with van der Waals surface area (Å²) < 4.78 is 13.4. The fraction of sp³-hybridized carbons (Fsp3) is 0.0526. The minimum Gasteiger partial charge on any atom is -0.505 e. The van der Waals surface area contributed by atoms with Gasteiger partial charge < -0.3 is 10.4 Å². The summed E-state index contributed by atoms with van der Waals surface area (Å²) in [4.78, 5) is 2.05. The molecule has 3 rings (SSSR count). The Hall–Kier alpha value is -1.88. The molecular weight excluding hydrogens is 380 g/mol. The van der Waals surface area contributed by atoms with Crippen LogP contribution in [0, 0.1) is 5.82 Å². The van der Waals surface area contributed by atoms with E-state index in [1.807, 2.05) is 36.4 Å². The Morgan fingerprint density at radius 2 is 1.76 bits per heavy atom. The van der Waals surface area contributed by atoms with E-state index < -0.39 is 5.82 Å². The maximum atomic E-state index is 13.4. The van der Waals surface area contributed by atoms with Crippen molar-refractivity contribution >= 4 is 40.7 Å². The molecule has 0 bridgehead atoms. The second-order valence-electron chi connectivity index (χ2n) is 5.31. The Kier molecular flexibility index (Phi) is 5.74. The lowest BCUT2D eigenvalue weighted by molar-refractivity contribution is 0.432. The van der Waals surface area contributed by atoms with E-state index in [0.29, 0.717) is 22.3 Å². The fourth-order valence-corrected chi connectivity index (χ4v) is 3.58. The molecule has 3 aromatic rings. The number of halogens is 3. The molecule has 0 fully saturated rings. The van der Waals surface area contributed by atoms with Gasteiger partial charge in [-0.2, -0.15) is 0 Å². The second-order valence-corrected chi connectivity index (χ2v) is 7.24. The molecule has 0 aliphatic heterocycles. The van der Waals surface area contributed by atoms with Gasteiger partial charge in [-0.05, 0) is 42.0 Å². The van der Waals surface area contributed by atoms with Crippen LogP contribution in [0.3, 0.4) is 0 Å². The maximum Gasteiger partial charge on any atom is 0.166 e. The van der Waals surface area contributed by atoms with Crippen LogP contribution in [0.15, 0.2) is 70.5 Å². The first-order chi connectivity index (χ1) is 12.0. The highest BCUT2D eigenvalue weighted by Crippen LogP contribution is 2.34. The zero-order chi connectivity index (χ0) is 17.8. The maximum absolute atomic E-state index is 13.4. The molecule has 0 saturated heterocycles. The quantitative estimate of drug-likeness (QED) is 0.478. The number of anilines is 1. The van der Waals surface area contributed by atoms with Crippen LogP contribution in [0.2, 0.25) is 10.0 Å². The molecule has 0 amide bonds. The van der Waals surface area contributed by atoms with Gasteiger partial charge in [-0.1, -0.05) is 53.2 Å². The number of benzene rings is 3. The third kappa shape index (κ3) is 4.60. The number of rotatable bonds is 5. The van der Waals surface area contributed by atoms with Crippen molar-refractivity contribution in [2.75, 3.05) is 5.32 Å². The lowest BCUT2D eigenvalue weighted by Gasteiger charge is -2.12. The summed E-state index contributed by atoms with van der Waals surface area (Å²) in [5, 5.41) is 13.5. The van der Waals surface area contributed by atoms with Gasteiger partial charge in [0.1, 0.15) is 0 Å². The third-order valence-corrected chi connectivity index (χ3v) is 5.37. The molecule has 0 spiro atoms. The lowest BCUT2D eigenvalue weighted by Crippen LogP contribution is -2.01. The summed E-state index contributed by atoms with van der Waals surface area (Å²) in [5.74, 6) is -1.01. The molecular formula is C19H14Cl2FNOS. The van der Waals surface area contributed by atoms with Crippen LogP contribution in [0.1, 0.15) is 5.56 Å². The Balaban J connectivity index is 1.76. The predicted octanol–water partition coefficient (Wildman–Crippen LogP) is 6.60. The van der Waals surface area contributed by atoms with Crippen molar-refractivity contribution in [1.82, 2.24) is 0 Å². The largest absolute Gasteiger partial charge is 0.505 e. The van der Waals surface area contributed by atoms with Crippen LogP contribution >= 0.6 is 35.0 Å². The molecule has 128 valence electrons. The van der Waals surface area contributed by atoms with Crippen molar-refractivity contribution in [2.24, 2.45) is 0 Å². The Bertz CT molecular complexity index is 904. The number of phenolic OH excluding ortho intramolecular Hbond substituents is 1. The van der Waals surface area contributed by atoms with Crippen molar-refractivity contribution < 1.29 is 9.50 Å². The second kappa shape index (κ2) is 8.00. The van der Waals surface area contributed by atoms with E-state index in [2.05, 4.69) is 5.32 Å². The third-order valence-electron chi connectivity index (χ3n) is 3.52. The lowest BCUT2D eigenvalue weighted by atomic mass is 10.2. The van der Waals surface area contributed by atoms with Gasteiger partial charge >= 0.3 is 0 Å². The minimum atomic E-state index is -0.650. The van der Waals surface area contributed by atoms with E-state index in [1.54, 1.807) is 23.9 Å². The normalized spacial score (nSPS) is 10.7. The molecule has 2 N–H and O–H groups in total. The number of phenols is 1. The van der Waals surface area contributed by atoms with Crippen LogP contribution in [0.5, 0.6) is 5.75 Å². The van der Waals surface area contributed by atoms with E-state index in [9.17, 15) is 9.50 Å². The molecule has 0 atom stereocenters. The van der Waals surface area contributed by atoms with Gasteiger partial charge in [0.05, 0.1) is 10.0 Å². The number of aromatic hydroxyl groups is 1. The number of nitrogens with one attached hydrogen (secondary N) is 1. The number of hydrogen-bond acceptors (Lipinski definition) is 3. The zero-order valence-electron chi connectivity index (χ0n) is 13.0. The zero-order valence-corrected chi connectivity index (χ0v) is 15.3. The minimum absolute atomic E-state index is 0.360. The molecule has 3 aromatic carbocycles. The van der Waals surface area contributed by atoms with Crippen molar-refractivity contribution in [3.8, 4) is 5.75 Å². The molecule has 0 radical (unpaired) electrons. The highest BCUT2D eigenvalue weighted by atomic mass is 35.5. The summed E-state index contributed by atoms with van der Waals surface area (Å²) in [7, 11) is 0. The van der Waals surface area contributed by atoms with Gasteiger partial charge in [-0.3, -0.25) is 0 Å². The molecule has 0 aromatic heterocycles. The summed E-state index contributed by atoms with van der Waals surface area (Å²) in [6, 6.07) is 17.7. The fourth-order valence-electron chi connectivity index (χ4n) is 2.23. The summed E-state index contributed by atoms with van der Waals surface area (Å²) in [5.41, 5.74) is 1.66. The average Bonchev–Trinajstić information content (AvgIpc) is 2.60. The van der Waals surface area contributed by atoms with Gasteiger partial charge in [0.2, 0.25) is 0 Å². The molecule has 0 aliphatic rings. The van der Waals surface area contributed by atoms with Crippen LogP contribution in [-0.2, 0) is 6.54 Å². The van der Waals surface area contributed by atoms with E-state index in [-0.39, 0.29) is 5.75 Å². The molecule has 25 heavy (non-hydrogen) atoms. The topological polar surface area (TPSA) is 32.3 Å². The van der Waals surface area contributed by atoms with Gasteiger partial charge in [0, 0.05) is 28.1 Å². The van der Waals surface area contributed by atoms with Crippen molar-refractivity contribution in [1.29, 1.82) is 0 Å². The first kappa shape index (κ1) is 17.9. The molecule has 0 saturated carbocycles. The average molecular weight is 394 g/mol. The predicted molar refractivity (Wildman–Crippen MR) is 102 cm³/mol. The van der Waals surface area contributed by atoms with Crippen LogP contribution < -0.4 is 5.32 Å². The Labute approximate surface area is 159 Å². The van der Waals surface area contributed by atoms with Crippen molar-refractivity contribution in [3.63, 3.8) is 0 Å². The number of hydrogen-bond donors (Lipinski definition) is 2. The molecule has 0 aliphatic carbocycles.